The van der Waals surface area contributed by atoms with Crippen LogP contribution in [0.2, 0.25) is 0 Å². The van der Waals surface area contributed by atoms with Crippen LogP contribution in [0.3, 0.4) is 0 Å². The number of carboxylic acids is 1. The Morgan fingerprint density at radius 1 is 1.28 bits per heavy atom. The summed E-state index contributed by atoms with van der Waals surface area (Å²) in [5.41, 5.74) is 0.605. The highest BCUT2D eigenvalue weighted by Crippen LogP contribution is 2.40. The molecule has 4 nitrogen and oxygen atoms in total. The Morgan fingerprint density at radius 2 is 2.00 bits per heavy atom. The zero-order valence-electron chi connectivity index (χ0n) is 14.7. The molecular formula is C20H26FNO3. The molecule has 136 valence electrons. The smallest absolute Gasteiger partial charge is 0.326 e. The number of halogens is 1. The fourth-order valence-corrected chi connectivity index (χ4v) is 4.45. The molecule has 5 heteroatoms. The lowest BCUT2D eigenvalue weighted by molar-refractivity contribution is -0.151. The largest absolute Gasteiger partial charge is 0.480 e. The maximum atomic E-state index is 13.8. The first kappa shape index (κ1) is 17.9. The summed E-state index contributed by atoms with van der Waals surface area (Å²) in [5, 5.41) is 9.56. The van der Waals surface area contributed by atoms with Crippen molar-refractivity contribution in [3.8, 4) is 0 Å². The highest BCUT2D eigenvalue weighted by molar-refractivity contribution is 5.86. The Morgan fingerprint density at radius 3 is 2.72 bits per heavy atom. The quantitative estimate of drug-likeness (QED) is 0.885. The van der Waals surface area contributed by atoms with Crippen molar-refractivity contribution in [2.45, 2.75) is 64.0 Å². The molecule has 4 atom stereocenters. The van der Waals surface area contributed by atoms with Gasteiger partial charge in [0.05, 0.1) is 0 Å². The van der Waals surface area contributed by atoms with Crippen molar-refractivity contribution in [2.24, 2.45) is 11.8 Å². The number of aryl methyl sites for hydroxylation is 1. The molecule has 0 bridgehead atoms. The first-order valence-electron chi connectivity index (χ1n) is 9.27. The zero-order chi connectivity index (χ0) is 18.0. The van der Waals surface area contributed by atoms with Gasteiger partial charge in [-0.3, -0.25) is 4.79 Å². The molecule has 1 aromatic carbocycles. The number of hydrogen-bond donors (Lipinski definition) is 1. The number of carbonyl (C=O) groups excluding carboxylic acids is 1. The number of fused-ring (bicyclic) bond motifs is 1. The van der Waals surface area contributed by atoms with Gasteiger partial charge in [0, 0.05) is 12.0 Å². The second-order valence-corrected chi connectivity index (χ2v) is 7.48. The molecule has 3 rings (SSSR count). The van der Waals surface area contributed by atoms with E-state index in [1.54, 1.807) is 23.1 Å². The fraction of sp³-hybridized carbons (Fsp3) is 0.600. The van der Waals surface area contributed by atoms with Crippen molar-refractivity contribution in [3.63, 3.8) is 0 Å². The molecule has 1 saturated carbocycles. The number of nitrogens with zero attached hydrogens (tertiary/aromatic N) is 1. The molecular weight excluding hydrogens is 321 g/mol. The van der Waals surface area contributed by atoms with Crippen molar-refractivity contribution in [3.05, 3.63) is 35.6 Å². The van der Waals surface area contributed by atoms with Gasteiger partial charge < -0.3 is 10.0 Å². The molecule has 4 unspecified atom stereocenters. The number of carbonyl (C=O) groups is 2. The molecule has 1 N–H and O–H groups in total. The van der Waals surface area contributed by atoms with Crippen LogP contribution in [0.15, 0.2) is 24.3 Å². The maximum Gasteiger partial charge on any atom is 0.326 e. The van der Waals surface area contributed by atoms with Gasteiger partial charge in [-0.25, -0.2) is 9.18 Å². The second kappa shape index (κ2) is 7.54. The lowest BCUT2D eigenvalue weighted by Gasteiger charge is -2.34. The molecule has 0 aromatic heterocycles. The zero-order valence-corrected chi connectivity index (χ0v) is 14.7. The highest BCUT2D eigenvalue weighted by Gasteiger charge is 2.48. The molecule has 0 radical (unpaired) electrons. The van der Waals surface area contributed by atoms with Crippen molar-refractivity contribution in [2.75, 3.05) is 0 Å². The van der Waals surface area contributed by atoms with Crippen molar-refractivity contribution in [1.82, 2.24) is 4.90 Å². The average molecular weight is 347 g/mol. The number of hydrogen-bond acceptors (Lipinski definition) is 2. The van der Waals surface area contributed by atoms with Crippen LogP contribution in [0.1, 0.15) is 51.0 Å². The maximum absolute atomic E-state index is 13.8. The molecule has 0 spiro atoms. The summed E-state index contributed by atoms with van der Waals surface area (Å²) in [7, 11) is 0. The van der Waals surface area contributed by atoms with Crippen LogP contribution in [0.5, 0.6) is 0 Å². The van der Waals surface area contributed by atoms with E-state index in [1.807, 2.05) is 6.92 Å². The van der Waals surface area contributed by atoms with Gasteiger partial charge in [-0.2, -0.15) is 0 Å². The van der Waals surface area contributed by atoms with E-state index >= 15 is 0 Å². The first-order valence-corrected chi connectivity index (χ1v) is 9.27. The number of amides is 1. The second-order valence-electron chi connectivity index (χ2n) is 7.48. The molecule has 1 amide bonds. The number of likely N-dealkylation sites (tertiary alicyclic amines) is 1. The van der Waals surface area contributed by atoms with Crippen LogP contribution < -0.4 is 0 Å². The lowest BCUT2D eigenvalue weighted by Crippen LogP contribution is -2.48. The number of benzene rings is 1. The predicted octanol–water partition coefficient (Wildman–Crippen LogP) is 3.64. The van der Waals surface area contributed by atoms with Crippen LogP contribution in [-0.4, -0.2) is 34.0 Å². The van der Waals surface area contributed by atoms with Gasteiger partial charge in [0.15, 0.2) is 0 Å². The Hall–Kier alpha value is -1.91. The standard InChI is InChI=1S/C20H26FNO3/c1-13(10-11-14-6-2-4-8-16(14)21)19(23)22-17-9-5-3-7-15(17)12-18(22)20(24)25/h2,4,6,8,13,15,17-18H,3,5,7,9-12H2,1H3,(H,24,25). The summed E-state index contributed by atoms with van der Waals surface area (Å²) >= 11 is 0. The van der Waals surface area contributed by atoms with Gasteiger partial charge in [-0.1, -0.05) is 38.0 Å². The summed E-state index contributed by atoms with van der Waals surface area (Å²) in [6, 6.07) is 5.97. The minimum atomic E-state index is -0.899. The van der Waals surface area contributed by atoms with E-state index in [2.05, 4.69) is 0 Å². The van der Waals surface area contributed by atoms with E-state index in [4.69, 9.17) is 0 Å². The molecule has 2 fully saturated rings. The monoisotopic (exact) mass is 347 g/mol. The van der Waals surface area contributed by atoms with Crippen molar-refractivity contribution in [1.29, 1.82) is 0 Å². The Labute approximate surface area is 148 Å². The average Bonchev–Trinajstić information content (AvgIpc) is 3.00. The Kier molecular flexibility index (Phi) is 5.40. The van der Waals surface area contributed by atoms with E-state index in [-0.39, 0.29) is 23.7 Å². The van der Waals surface area contributed by atoms with Crippen LogP contribution in [0.4, 0.5) is 4.39 Å². The number of aliphatic carboxylic acids is 1. The summed E-state index contributed by atoms with van der Waals surface area (Å²) in [6.45, 7) is 1.83. The molecule has 1 heterocycles. The van der Waals surface area contributed by atoms with Crippen LogP contribution in [0.25, 0.3) is 0 Å². The Bertz CT molecular complexity index is 648. The van der Waals surface area contributed by atoms with E-state index in [0.717, 1.165) is 25.7 Å². The SMILES string of the molecule is CC(CCc1ccccc1F)C(=O)N1C(C(=O)O)CC2CCCCC21. The van der Waals surface area contributed by atoms with Gasteiger partial charge in [0.2, 0.25) is 5.91 Å². The van der Waals surface area contributed by atoms with E-state index in [1.165, 1.54) is 6.07 Å². The lowest BCUT2D eigenvalue weighted by atomic mass is 9.84. The normalized spacial score (nSPS) is 27.0. The van der Waals surface area contributed by atoms with Crippen LogP contribution >= 0.6 is 0 Å². The van der Waals surface area contributed by atoms with Crippen molar-refractivity contribution < 1.29 is 19.1 Å². The van der Waals surface area contributed by atoms with Gasteiger partial charge in [-0.05, 0) is 49.7 Å². The molecule has 1 saturated heterocycles. The minimum absolute atomic E-state index is 0.0678. The predicted molar refractivity (Wildman–Crippen MR) is 92.5 cm³/mol. The number of rotatable bonds is 5. The summed E-state index contributed by atoms with van der Waals surface area (Å²) < 4.78 is 13.8. The number of carboxylic acid groups (broad SMARTS) is 1. The molecule has 2 aliphatic rings. The van der Waals surface area contributed by atoms with E-state index in [9.17, 15) is 19.1 Å². The third-order valence-corrected chi connectivity index (χ3v) is 5.85. The van der Waals surface area contributed by atoms with Crippen LogP contribution in [0, 0.1) is 17.7 Å². The highest BCUT2D eigenvalue weighted by atomic mass is 19.1. The molecule has 1 aromatic rings. The Balaban J connectivity index is 1.69. The van der Waals surface area contributed by atoms with Crippen LogP contribution in [-0.2, 0) is 16.0 Å². The fourth-order valence-electron chi connectivity index (χ4n) is 4.45. The summed E-state index contributed by atoms with van der Waals surface area (Å²) in [5.74, 6) is -1.22. The van der Waals surface area contributed by atoms with E-state index < -0.39 is 12.0 Å². The van der Waals surface area contributed by atoms with Gasteiger partial charge in [-0.15, -0.1) is 0 Å². The van der Waals surface area contributed by atoms with Crippen molar-refractivity contribution >= 4 is 11.9 Å². The topological polar surface area (TPSA) is 57.6 Å². The van der Waals surface area contributed by atoms with Gasteiger partial charge in [0.25, 0.3) is 0 Å². The minimum Gasteiger partial charge on any atom is -0.480 e. The van der Waals surface area contributed by atoms with Gasteiger partial charge >= 0.3 is 5.97 Å². The van der Waals surface area contributed by atoms with Gasteiger partial charge in [0.1, 0.15) is 11.9 Å². The molecule has 1 aliphatic carbocycles. The molecule has 1 aliphatic heterocycles. The molecule has 25 heavy (non-hydrogen) atoms. The third-order valence-electron chi connectivity index (χ3n) is 5.85. The third kappa shape index (κ3) is 3.70. The summed E-state index contributed by atoms with van der Waals surface area (Å²) in [4.78, 5) is 26.3. The first-order chi connectivity index (χ1) is 12.0. The van der Waals surface area contributed by atoms with E-state index in [0.29, 0.717) is 30.7 Å². The summed E-state index contributed by atoms with van der Waals surface area (Å²) in [6.07, 6.45) is 5.69.